The molecule has 0 amide bonds. The standard InChI is InChI=1S/C12H20N8/c1-3-4-5-6-9(2)16-11-17-10(13)18-12(19-11)20-8-14-7-15-20/h7-9H,3-6H2,1-2H3,(H3,13,16,17,18,19). The second kappa shape index (κ2) is 6.78. The van der Waals surface area contributed by atoms with Gasteiger partial charge in [0.05, 0.1) is 0 Å². The highest BCUT2D eigenvalue weighted by Gasteiger charge is 2.09. The van der Waals surface area contributed by atoms with E-state index in [1.807, 2.05) is 0 Å². The van der Waals surface area contributed by atoms with Crippen molar-refractivity contribution in [2.75, 3.05) is 11.1 Å². The molecule has 8 nitrogen and oxygen atoms in total. The molecule has 1 atom stereocenters. The zero-order chi connectivity index (χ0) is 14.4. The van der Waals surface area contributed by atoms with E-state index < -0.39 is 0 Å². The van der Waals surface area contributed by atoms with E-state index in [-0.39, 0.29) is 12.0 Å². The number of nitrogens with two attached hydrogens (primary N) is 1. The van der Waals surface area contributed by atoms with Crippen LogP contribution < -0.4 is 11.1 Å². The molecule has 0 aromatic carbocycles. The monoisotopic (exact) mass is 276 g/mol. The van der Waals surface area contributed by atoms with Gasteiger partial charge in [-0.2, -0.15) is 24.7 Å². The van der Waals surface area contributed by atoms with Gasteiger partial charge in [-0.15, -0.1) is 0 Å². The van der Waals surface area contributed by atoms with E-state index in [9.17, 15) is 0 Å². The Morgan fingerprint density at radius 3 is 2.85 bits per heavy atom. The van der Waals surface area contributed by atoms with Gasteiger partial charge in [0, 0.05) is 6.04 Å². The van der Waals surface area contributed by atoms with Gasteiger partial charge in [0.2, 0.25) is 11.9 Å². The van der Waals surface area contributed by atoms with Gasteiger partial charge in [0.1, 0.15) is 12.7 Å². The van der Waals surface area contributed by atoms with Gasteiger partial charge >= 0.3 is 0 Å². The average molecular weight is 276 g/mol. The molecule has 2 rings (SSSR count). The summed E-state index contributed by atoms with van der Waals surface area (Å²) >= 11 is 0. The van der Waals surface area contributed by atoms with Crippen LogP contribution in [0.1, 0.15) is 39.5 Å². The highest BCUT2D eigenvalue weighted by atomic mass is 15.4. The maximum absolute atomic E-state index is 5.70. The Morgan fingerprint density at radius 1 is 1.30 bits per heavy atom. The first-order chi connectivity index (χ1) is 9.69. The van der Waals surface area contributed by atoms with E-state index >= 15 is 0 Å². The third kappa shape index (κ3) is 3.87. The molecule has 3 N–H and O–H groups in total. The SMILES string of the molecule is CCCCCC(C)Nc1nc(N)nc(-n2cncn2)n1. The number of anilines is 2. The molecule has 0 radical (unpaired) electrons. The lowest BCUT2D eigenvalue weighted by molar-refractivity contribution is 0.611. The summed E-state index contributed by atoms with van der Waals surface area (Å²) in [5.41, 5.74) is 5.70. The number of nitrogens with one attached hydrogen (secondary N) is 1. The predicted octanol–water partition coefficient (Wildman–Crippen LogP) is 1.42. The Bertz CT molecular complexity index is 524. The molecule has 0 spiro atoms. The Hall–Kier alpha value is -2.25. The van der Waals surface area contributed by atoms with E-state index in [1.165, 1.54) is 36.6 Å². The normalized spacial score (nSPS) is 12.3. The summed E-state index contributed by atoms with van der Waals surface area (Å²) in [5.74, 6) is 0.985. The Labute approximate surface area is 117 Å². The first kappa shape index (κ1) is 14.2. The van der Waals surface area contributed by atoms with Crippen LogP contribution in [0.3, 0.4) is 0 Å². The van der Waals surface area contributed by atoms with Gasteiger partial charge < -0.3 is 11.1 Å². The summed E-state index contributed by atoms with van der Waals surface area (Å²) in [6.07, 6.45) is 7.63. The van der Waals surface area contributed by atoms with Crippen molar-refractivity contribution < 1.29 is 0 Å². The van der Waals surface area contributed by atoms with Crippen molar-refractivity contribution in [3.8, 4) is 5.95 Å². The maximum atomic E-state index is 5.70. The lowest BCUT2D eigenvalue weighted by Gasteiger charge is -2.13. The Balaban J connectivity index is 2.05. The van der Waals surface area contributed by atoms with Gasteiger partial charge in [-0.1, -0.05) is 26.2 Å². The molecule has 0 fully saturated rings. The van der Waals surface area contributed by atoms with Crippen LogP contribution in [0.25, 0.3) is 5.95 Å². The fourth-order valence-corrected chi connectivity index (χ4v) is 1.85. The summed E-state index contributed by atoms with van der Waals surface area (Å²) < 4.78 is 1.45. The summed E-state index contributed by atoms with van der Waals surface area (Å²) in [5, 5.41) is 7.22. The van der Waals surface area contributed by atoms with Gasteiger partial charge in [0.15, 0.2) is 0 Å². The molecular weight excluding hydrogens is 256 g/mol. The molecule has 0 saturated heterocycles. The number of nitrogens with zero attached hydrogens (tertiary/aromatic N) is 6. The Kier molecular flexibility index (Phi) is 4.80. The van der Waals surface area contributed by atoms with Crippen molar-refractivity contribution in [1.29, 1.82) is 0 Å². The van der Waals surface area contributed by atoms with Crippen LogP contribution >= 0.6 is 0 Å². The number of nitrogen functional groups attached to an aromatic ring is 1. The van der Waals surface area contributed by atoms with Crippen molar-refractivity contribution in [2.24, 2.45) is 0 Å². The van der Waals surface area contributed by atoms with E-state index in [0.717, 1.165) is 6.42 Å². The van der Waals surface area contributed by atoms with E-state index in [0.29, 0.717) is 11.9 Å². The van der Waals surface area contributed by atoms with Crippen LogP contribution in [0.15, 0.2) is 12.7 Å². The summed E-state index contributed by atoms with van der Waals surface area (Å²) in [6, 6.07) is 0.284. The van der Waals surface area contributed by atoms with Crippen LogP contribution in [-0.4, -0.2) is 35.8 Å². The minimum absolute atomic E-state index is 0.161. The molecule has 0 aliphatic heterocycles. The van der Waals surface area contributed by atoms with Crippen molar-refractivity contribution >= 4 is 11.9 Å². The van der Waals surface area contributed by atoms with Crippen molar-refractivity contribution in [2.45, 2.75) is 45.6 Å². The smallest absolute Gasteiger partial charge is 0.258 e. The van der Waals surface area contributed by atoms with Crippen molar-refractivity contribution in [3.63, 3.8) is 0 Å². The molecule has 2 aromatic heterocycles. The Morgan fingerprint density at radius 2 is 2.15 bits per heavy atom. The van der Waals surface area contributed by atoms with Gasteiger partial charge in [-0.25, -0.2) is 4.98 Å². The molecule has 0 saturated carbocycles. The molecule has 1 unspecified atom stereocenters. The molecule has 20 heavy (non-hydrogen) atoms. The topological polar surface area (TPSA) is 107 Å². The van der Waals surface area contributed by atoms with E-state index in [2.05, 4.69) is 44.2 Å². The molecule has 0 bridgehead atoms. The maximum Gasteiger partial charge on any atom is 0.258 e. The summed E-state index contributed by atoms with van der Waals surface area (Å²) in [6.45, 7) is 4.29. The first-order valence-corrected chi connectivity index (χ1v) is 6.82. The number of aromatic nitrogens is 6. The van der Waals surface area contributed by atoms with E-state index in [4.69, 9.17) is 5.73 Å². The quantitative estimate of drug-likeness (QED) is 0.736. The first-order valence-electron chi connectivity index (χ1n) is 6.82. The number of rotatable bonds is 7. The predicted molar refractivity (Wildman–Crippen MR) is 76.4 cm³/mol. The number of hydrogen-bond acceptors (Lipinski definition) is 7. The van der Waals surface area contributed by atoms with Crippen LogP contribution in [0.4, 0.5) is 11.9 Å². The highest BCUT2D eigenvalue weighted by molar-refractivity contribution is 5.35. The van der Waals surface area contributed by atoms with E-state index in [1.54, 1.807) is 0 Å². The average Bonchev–Trinajstić information content (AvgIpc) is 2.92. The second-order valence-electron chi connectivity index (χ2n) is 4.70. The minimum atomic E-state index is 0.161. The van der Waals surface area contributed by atoms with Crippen molar-refractivity contribution in [3.05, 3.63) is 12.7 Å². The van der Waals surface area contributed by atoms with Gasteiger partial charge in [0.25, 0.3) is 5.95 Å². The second-order valence-corrected chi connectivity index (χ2v) is 4.70. The van der Waals surface area contributed by atoms with Crippen molar-refractivity contribution in [1.82, 2.24) is 29.7 Å². The zero-order valence-corrected chi connectivity index (χ0v) is 11.8. The van der Waals surface area contributed by atoms with Crippen LogP contribution in [0.2, 0.25) is 0 Å². The highest BCUT2D eigenvalue weighted by Crippen LogP contribution is 2.10. The summed E-state index contributed by atoms with van der Waals surface area (Å²) in [7, 11) is 0. The molecule has 2 aromatic rings. The third-order valence-electron chi connectivity index (χ3n) is 2.88. The van der Waals surface area contributed by atoms with Crippen LogP contribution in [0.5, 0.6) is 0 Å². The van der Waals surface area contributed by atoms with Gasteiger partial charge in [-0.05, 0) is 13.3 Å². The molecule has 8 heteroatoms. The van der Waals surface area contributed by atoms with Crippen LogP contribution in [0, 0.1) is 0 Å². The van der Waals surface area contributed by atoms with Gasteiger partial charge in [-0.3, -0.25) is 0 Å². The lowest BCUT2D eigenvalue weighted by Crippen LogP contribution is -2.19. The number of hydrogen-bond donors (Lipinski definition) is 2. The lowest BCUT2D eigenvalue weighted by atomic mass is 10.1. The summed E-state index contributed by atoms with van der Waals surface area (Å²) in [4.78, 5) is 16.3. The third-order valence-corrected chi connectivity index (χ3v) is 2.88. The molecule has 108 valence electrons. The van der Waals surface area contributed by atoms with Crippen LogP contribution in [-0.2, 0) is 0 Å². The largest absolute Gasteiger partial charge is 0.368 e. The molecule has 2 heterocycles. The number of unbranched alkanes of at least 4 members (excludes halogenated alkanes) is 2. The molecular formula is C12H20N8. The zero-order valence-electron chi connectivity index (χ0n) is 11.8. The fraction of sp³-hybridized carbons (Fsp3) is 0.583. The molecule has 0 aliphatic carbocycles. The fourth-order valence-electron chi connectivity index (χ4n) is 1.85. The molecule has 0 aliphatic rings. The minimum Gasteiger partial charge on any atom is -0.368 e.